The topological polar surface area (TPSA) is 61.4 Å². The third kappa shape index (κ3) is 4.78. The molecule has 0 heterocycles. The van der Waals surface area contributed by atoms with Crippen LogP contribution in [0.2, 0.25) is 0 Å². The zero-order valence-corrected chi connectivity index (χ0v) is 13.8. The molecule has 118 valence electrons. The average molecular weight is 311 g/mol. The lowest BCUT2D eigenvalue weighted by Crippen LogP contribution is -2.32. The first-order chi connectivity index (χ1) is 9.90. The van der Waals surface area contributed by atoms with Gasteiger partial charge in [0.05, 0.1) is 4.90 Å². The molecule has 21 heavy (non-hydrogen) atoms. The van der Waals surface area contributed by atoms with Crippen molar-refractivity contribution in [1.29, 1.82) is 0 Å². The Kier molecular flexibility index (Phi) is 5.37. The van der Waals surface area contributed by atoms with E-state index in [1.165, 1.54) is 12.8 Å². The fourth-order valence-electron chi connectivity index (χ4n) is 2.17. The molecule has 2 N–H and O–H groups in total. The minimum absolute atomic E-state index is 0.386. The van der Waals surface area contributed by atoms with Crippen LogP contribution in [0.3, 0.4) is 0 Å². The molecule has 0 radical (unpaired) electrons. The second-order valence-electron chi connectivity index (χ2n) is 5.90. The van der Waals surface area contributed by atoms with E-state index in [0.717, 1.165) is 17.7 Å². The molecule has 0 spiro atoms. The van der Waals surface area contributed by atoms with Gasteiger partial charge in [-0.2, -0.15) is 0 Å². The van der Waals surface area contributed by atoms with Gasteiger partial charge in [-0.1, -0.05) is 12.1 Å². The molecule has 0 aromatic heterocycles. The molecule has 2 rings (SSSR count). The highest BCUT2D eigenvalue weighted by Crippen LogP contribution is 2.22. The monoisotopic (exact) mass is 311 g/mol. The molecule has 5 nitrogen and oxygen atoms in total. The second-order valence-corrected chi connectivity index (χ2v) is 7.63. The summed E-state index contributed by atoms with van der Waals surface area (Å²) in [4.78, 5) is 2.34. The minimum atomic E-state index is -3.44. The van der Waals surface area contributed by atoms with Gasteiger partial charge in [-0.05, 0) is 51.1 Å². The third-order valence-corrected chi connectivity index (χ3v) is 5.30. The number of nitrogens with one attached hydrogen (secondary N) is 2. The summed E-state index contributed by atoms with van der Waals surface area (Å²) in [7, 11) is 0.404. The van der Waals surface area contributed by atoms with Crippen molar-refractivity contribution in [1.82, 2.24) is 14.9 Å². The van der Waals surface area contributed by atoms with Crippen LogP contribution < -0.4 is 10.0 Å². The van der Waals surface area contributed by atoms with E-state index in [2.05, 4.69) is 10.0 Å². The SMILES string of the molecule is Cc1c(CNC2CC2)cccc1S(=O)(=O)NCCN(C)C. The number of likely N-dealkylation sites (N-methyl/N-ethyl adjacent to an activating group) is 1. The van der Waals surface area contributed by atoms with Crippen LogP contribution in [0.5, 0.6) is 0 Å². The van der Waals surface area contributed by atoms with Crippen molar-refractivity contribution < 1.29 is 8.42 Å². The molecule has 0 bridgehead atoms. The first-order valence-electron chi connectivity index (χ1n) is 7.36. The standard InChI is InChI=1S/C15H25N3O2S/c1-12-13(11-16-14-7-8-14)5-4-6-15(12)21(19,20)17-9-10-18(2)3/h4-6,14,16-17H,7-11H2,1-3H3. The van der Waals surface area contributed by atoms with E-state index in [4.69, 9.17) is 0 Å². The number of hydrogen-bond acceptors (Lipinski definition) is 4. The molecule has 0 unspecified atom stereocenters. The highest BCUT2D eigenvalue weighted by Gasteiger charge is 2.22. The van der Waals surface area contributed by atoms with Gasteiger partial charge in [0.25, 0.3) is 0 Å². The zero-order chi connectivity index (χ0) is 15.5. The van der Waals surface area contributed by atoms with Crippen LogP contribution in [-0.2, 0) is 16.6 Å². The third-order valence-electron chi connectivity index (χ3n) is 3.70. The summed E-state index contributed by atoms with van der Waals surface area (Å²) in [5, 5.41) is 3.43. The molecular formula is C15H25N3O2S. The predicted molar refractivity (Wildman–Crippen MR) is 84.8 cm³/mol. The summed E-state index contributed by atoms with van der Waals surface area (Å²) in [5.74, 6) is 0. The van der Waals surface area contributed by atoms with Gasteiger partial charge in [0, 0.05) is 25.7 Å². The molecule has 1 fully saturated rings. The Bertz CT molecular complexity index is 581. The molecule has 1 aromatic rings. The van der Waals surface area contributed by atoms with Crippen LogP contribution >= 0.6 is 0 Å². The first kappa shape index (κ1) is 16.4. The van der Waals surface area contributed by atoms with Gasteiger partial charge in [0.15, 0.2) is 0 Å². The van der Waals surface area contributed by atoms with E-state index in [1.807, 2.05) is 38.1 Å². The quantitative estimate of drug-likeness (QED) is 0.754. The molecule has 0 aliphatic heterocycles. The molecule has 0 amide bonds. The first-order valence-corrected chi connectivity index (χ1v) is 8.85. The molecule has 1 aliphatic carbocycles. The molecular weight excluding hydrogens is 286 g/mol. The number of nitrogens with zero attached hydrogens (tertiary/aromatic N) is 1. The van der Waals surface area contributed by atoms with Crippen molar-refractivity contribution in [2.45, 2.75) is 37.2 Å². The van der Waals surface area contributed by atoms with Crippen LogP contribution in [0.15, 0.2) is 23.1 Å². The van der Waals surface area contributed by atoms with Crippen molar-refractivity contribution in [2.24, 2.45) is 0 Å². The lowest BCUT2D eigenvalue weighted by Gasteiger charge is -2.14. The Hall–Kier alpha value is -0.950. The smallest absolute Gasteiger partial charge is 0.240 e. The Morgan fingerprint density at radius 2 is 2.00 bits per heavy atom. The summed E-state index contributed by atoms with van der Waals surface area (Å²) >= 11 is 0. The normalized spacial score (nSPS) is 15.6. The molecule has 1 aliphatic rings. The van der Waals surface area contributed by atoms with E-state index < -0.39 is 10.0 Å². The Balaban J connectivity index is 2.08. The number of rotatable bonds is 8. The largest absolute Gasteiger partial charge is 0.310 e. The fraction of sp³-hybridized carbons (Fsp3) is 0.600. The number of hydrogen-bond donors (Lipinski definition) is 2. The minimum Gasteiger partial charge on any atom is -0.310 e. The van der Waals surface area contributed by atoms with Crippen LogP contribution in [0, 0.1) is 6.92 Å². The van der Waals surface area contributed by atoms with Crippen molar-refractivity contribution in [3.05, 3.63) is 29.3 Å². The average Bonchev–Trinajstić information content (AvgIpc) is 3.20. The van der Waals surface area contributed by atoms with E-state index in [0.29, 0.717) is 24.0 Å². The summed E-state index contributed by atoms with van der Waals surface area (Å²) in [5.41, 5.74) is 1.89. The molecule has 0 saturated heterocycles. The molecule has 1 saturated carbocycles. The van der Waals surface area contributed by atoms with Crippen LogP contribution in [-0.4, -0.2) is 46.5 Å². The van der Waals surface area contributed by atoms with E-state index in [-0.39, 0.29) is 0 Å². The fourth-order valence-corrected chi connectivity index (χ4v) is 3.47. The van der Waals surface area contributed by atoms with Gasteiger partial charge in [-0.15, -0.1) is 0 Å². The maximum absolute atomic E-state index is 12.4. The summed E-state index contributed by atoms with van der Waals surface area (Å²) in [6, 6.07) is 6.09. The van der Waals surface area contributed by atoms with Crippen molar-refractivity contribution in [3.63, 3.8) is 0 Å². The summed E-state index contributed by atoms with van der Waals surface area (Å²) < 4.78 is 27.4. The second kappa shape index (κ2) is 6.87. The van der Waals surface area contributed by atoms with Crippen molar-refractivity contribution >= 4 is 10.0 Å². The number of sulfonamides is 1. The van der Waals surface area contributed by atoms with Crippen molar-refractivity contribution in [3.8, 4) is 0 Å². The Labute approximate surface area is 127 Å². The predicted octanol–water partition coefficient (Wildman–Crippen LogP) is 1.09. The summed E-state index contributed by atoms with van der Waals surface area (Å²) in [6.07, 6.45) is 2.45. The van der Waals surface area contributed by atoms with Gasteiger partial charge < -0.3 is 10.2 Å². The van der Waals surface area contributed by atoms with Crippen LogP contribution in [0.25, 0.3) is 0 Å². The van der Waals surface area contributed by atoms with Gasteiger partial charge in [0.1, 0.15) is 0 Å². The summed E-state index contributed by atoms with van der Waals surface area (Å²) in [6.45, 7) is 3.71. The lowest BCUT2D eigenvalue weighted by molar-refractivity contribution is 0.412. The Morgan fingerprint density at radius 1 is 1.29 bits per heavy atom. The number of benzene rings is 1. The highest BCUT2D eigenvalue weighted by atomic mass is 32.2. The maximum atomic E-state index is 12.4. The molecule has 6 heteroatoms. The zero-order valence-electron chi connectivity index (χ0n) is 13.0. The molecule has 1 aromatic carbocycles. The van der Waals surface area contributed by atoms with E-state index >= 15 is 0 Å². The van der Waals surface area contributed by atoms with Crippen LogP contribution in [0.1, 0.15) is 24.0 Å². The van der Waals surface area contributed by atoms with E-state index in [1.54, 1.807) is 6.07 Å². The maximum Gasteiger partial charge on any atom is 0.240 e. The lowest BCUT2D eigenvalue weighted by atomic mass is 10.1. The molecule has 0 atom stereocenters. The van der Waals surface area contributed by atoms with E-state index in [9.17, 15) is 8.42 Å². The van der Waals surface area contributed by atoms with Crippen molar-refractivity contribution in [2.75, 3.05) is 27.2 Å². The van der Waals surface area contributed by atoms with Crippen LogP contribution in [0.4, 0.5) is 0 Å². The van der Waals surface area contributed by atoms with Gasteiger partial charge in [-0.25, -0.2) is 13.1 Å². The Morgan fingerprint density at radius 3 is 2.62 bits per heavy atom. The van der Waals surface area contributed by atoms with Gasteiger partial charge >= 0.3 is 0 Å². The highest BCUT2D eigenvalue weighted by molar-refractivity contribution is 7.89. The van der Waals surface area contributed by atoms with Gasteiger partial charge in [-0.3, -0.25) is 0 Å². The van der Waals surface area contributed by atoms with Gasteiger partial charge in [0.2, 0.25) is 10.0 Å².